The molecule has 0 atom stereocenters. The van der Waals surface area contributed by atoms with Gasteiger partial charge in [-0.2, -0.15) is 0 Å². The summed E-state index contributed by atoms with van der Waals surface area (Å²) in [5.74, 6) is 1.34. The maximum Gasteiger partial charge on any atom is 0.289 e. The molecule has 2 heterocycles. The van der Waals surface area contributed by atoms with Gasteiger partial charge in [-0.05, 0) is 19.1 Å². The van der Waals surface area contributed by atoms with E-state index in [1.807, 2.05) is 24.8 Å². The van der Waals surface area contributed by atoms with E-state index in [1.54, 1.807) is 6.07 Å². The van der Waals surface area contributed by atoms with E-state index < -0.39 is 0 Å². The summed E-state index contributed by atoms with van der Waals surface area (Å²) in [6.07, 6.45) is 0.824. The lowest BCUT2D eigenvalue weighted by Gasteiger charge is -2.37. The normalized spacial score (nSPS) is 15.9. The number of nitrogens with one attached hydrogen (secondary N) is 1. The molecule has 1 amide bonds. The maximum atomic E-state index is 12.1. The fourth-order valence-electron chi connectivity index (χ4n) is 1.89. The molecule has 0 radical (unpaired) electrons. The summed E-state index contributed by atoms with van der Waals surface area (Å²) < 4.78 is 5.48. The molecule has 0 spiro atoms. The van der Waals surface area contributed by atoms with E-state index in [9.17, 15) is 4.79 Å². The zero-order chi connectivity index (χ0) is 11.5. The molecule has 4 heteroatoms. The predicted octanol–water partition coefficient (Wildman–Crippen LogP) is 1.28. The van der Waals surface area contributed by atoms with Gasteiger partial charge >= 0.3 is 0 Å². The lowest BCUT2D eigenvalue weighted by molar-refractivity contribution is 0.0596. The van der Waals surface area contributed by atoms with Gasteiger partial charge in [0.15, 0.2) is 5.76 Å². The van der Waals surface area contributed by atoms with Gasteiger partial charge in [0.2, 0.25) is 0 Å². The second-order valence-corrected chi connectivity index (χ2v) is 4.02. The van der Waals surface area contributed by atoms with E-state index in [0.717, 1.165) is 31.8 Å². The second kappa shape index (κ2) is 4.70. The monoisotopic (exact) mass is 222 g/mol. The predicted molar refractivity (Wildman–Crippen MR) is 61.5 cm³/mol. The molecular weight excluding hydrogens is 204 g/mol. The number of carbonyl (C=O) groups is 1. The van der Waals surface area contributed by atoms with Gasteiger partial charge in [-0.25, -0.2) is 0 Å². The first kappa shape index (κ1) is 11.2. The molecule has 1 N–H and O–H groups in total. The van der Waals surface area contributed by atoms with Gasteiger partial charge in [-0.1, -0.05) is 6.92 Å². The van der Waals surface area contributed by atoms with Crippen molar-refractivity contribution in [2.24, 2.45) is 0 Å². The number of carbonyl (C=O) groups excluding carboxylic acids is 1. The van der Waals surface area contributed by atoms with Crippen molar-refractivity contribution in [2.45, 2.75) is 26.3 Å². The molecular formula is C12H18N2O2. The van der Waals surface area contributed by atoms with Crippen LogP contribution < -0.4 is 5.32 Å². The molecule has 1 fully saturated rings. The third-order valence-corrected chi connectivity index (χ3v) is 3.02. The minimum Gasteiger partial charge on any atom is -0.456 e. The Balaban J connectivity index is 2.09. The van der Waals surface area contributed by atoms with Crippen LogP contribution >= 0.6 is 0 Å². The summed E-state index contributed by atoms with van der Waals surface area (Å²) in [5.41, 5.74) is 0. The lowest BCUT2D eigenvalue weighted by Crippen LogP contribution is -2.58. The molecule has 1 aromatic rings. The van der Waals surface area contributed by atoms with Crippen LogP contribution in [0.4, 0.5) is 0 Å². The number of hydrogen-bond acceptors (Lipinski definition) is 3. The first-order chi connectivity index (χ1) is 7.76. The molecule has 2 rings (SSSR count). The molecule has 1 aliphatic rings. The maximum absolute atomic E-state index is 12.1. The highest BCUT2D eigenvalue weighted by Gasteiger charge is 2.29. The smallest absolute Gasteiger partial charge is 0.289 e. The quantitative estimate of drug-likeness (QED) is 0.834. The van der Waals surface area contributed by atoms with Gasteiger partial charge in [-0.15, -0.1) is 0 Å². The molecule has 0 unspecified atom stereocenters. The van der Waals surface area contributed by atoms with Crippen molar-refractivity contribution < 1.29 is 9.21 Å². The summed E-state index contributed by atoms with van der Waals surface area (Å²) in [7, 11) is 0. The second-order valence-electron chi connectivity index (χ2n) is 4.02. The average molecular weight is 222 g/mol. The number of furan rings is 1. The van der Waals surface area contributed by atoms with Gasteiger partial charge in [0.05, 0.1) is 6.04 Å². The highest BCUT2D eigenvalue weighted by molar-refractivity contribution is 5.91. The van der Waals surface area contributed by atoms with E-state index >= 15 is 0 Å². The first-order valence-electron chi connectivity index (χ1n) is 5.86. The minimum absolute atomic E-state index is 0.00806. The van der Waals surface area contributed by atoms with Crippen molar-refractivity contribution in [3.8, 4) is 0 Å². The Hall–Kier alpha value is -1.29. The Morgan fingerprint density at radius 2 is 2.25 bits per heavy atom. The van der Waals surface area contributed by atoms with Crippen LogP contribution in [0, 0.1) is 0 Å². The molecule has 0 saturated carbocycles. The van der Waals surface area contributed by atoms with E-state index in [2.05, 4.69) is 5.32 Å². The summed E-state index contributed by atoms with van der Waals surface area (Å²) in [6.45, 7) is 6.52. The van der Waals surface area contributed by atoms with Crippen molar-refractivity contribution in [1.82, 2.24) is 10.2 Å². The molecule has 0 aliphatic carbocycles. The molecule has 16 heavy (non-hydrogen) atoms. The Bertz CT molecular complexity index is 369. The van der Waals surface area contributed by atoms with Crippen LogP contribution in [0.2, 0.25) is 0 Å². The molecule has 0 bridgehead atoms. The highest BCUT2D eigenvalue weighted by Crippen LogP contribution is 2.14. The molecule has 1 aliphatic heterocycles. The van der Waals surface area contributed by atoms with Crippen LogP contribution in [0.5, 0.6) is 0 Å². The minimum atomic E-state index is 0.00806. The summed E-state index contributed by atoms with van der Waals surface area (Å²) >= 11 is 0. The third-order valence-electron chi connectivity index (χ3n) is 3.02. The lowest BCUT2D eigenvalue weighted by atomic mass is 10.1. The van der Waals surface area contributed by atoms with Crippen molar-refractivity contribution in [1.29, 1.82) is 0 Å². The number of likely N-dealkylation sites (N-methyl/N-ethyl adjacent to an activating group) is 1. The zero-order valence-electron chi connectivity index (χ0n) is 9.82. The topological polar surface area (TPSA) is 45.5 Å². The van der Waals surface area contributed by atoms with Crippen molar-refractivity contribution in [3.05, 3.63) is 23.7 Å². The van der Waals surface area contributed by atoms with Gasteiger partial charge in [0.25, 0.3) is 5.91 Å². The summed E-state index contributed by atoms with van der Waals surface area (Å²) in [4.78, 5) is 14.0. The summed E-state index contributed by atoms with van der Waals surface area (Å²) in [6, 6.07) is 3.98. The zero-order valence-corrected chi connectivity index (χ0v) is 9.82. The van der Waals surface area contributed by atoms with Crippen molar-refractivity contribution >= 4 is 5.91 Å². The van der Waals surface area contributed by atoms with Crippen LogP contribution in [0.1, 0.15) is 30.2 Å². The standard InChI is InChI=1S/C12H18N2O2/c1-3-10-5-6-11(16-10)12(15)14(4-2)9-7-13-8-9/h5-6,9,13H,3-4,7-8H2,1-2H3. The number of hydrogen-bond donors (Lipinski definition) is 1. The molecule has 0 aromatic carbocycles. The largest absolute Gasteiger partial charge is 0.456 e. The average Bonchev–Trinajstić information content (AvgIpc) is 2.70. The van der Waals surface area contributed by atoms with E-state index in [0.29, 0.717) is 11.8 Å². The number of rotatable bonds is 4. The van der Waals surface area contributed by atoms with Gasteiger partial charge in [0.1, 0.15) is 5.76 Å². The van der Waals surface area contributed by atoms with E-state index in [4.69, 9.17) is 4.42 Å². The Morgan fingerprint density at radius 1 is 1.50 bits per heavy atom. The Kier molecular flexibility index (Phi) is 3.29. The van der Waals surface area contributed by atoms with Gasteiger partial charge < -0.3 is 14.6 Å². The third kappa shape index (κ3) is 1.97. The molecule has 4 nitrogen and oxygen atoms in total. The molecule has 1 aromatic heterocycles. The van der Waals surface area contributed by atoms with Crippen molar-refractivity contribution in [3.63, 3.8) is 0 Å². The van der Waals surface area contributed by atoms with Crippen molar-refractivity contribution in [2.75, 3.05) is 19.6 Å². The van der Waals surface area contributed by atoms with E-state index in [-0.39, 0.29) is 5.91 Å². The fourth-order valence-corrected chi connectivity index (χ4v) is 1.89. The van der Waals surface area contributed by atoms with Crippen LogP contribution in [0.25, 0.3) is 0 Å². The van der Waals surface area contributed by atoms with E-state index in [1.165, 1.54) is 0 Å². The number of nitrogens with zero attached hydrogens (tertiary/aromatic N) is 1. The Morgan fingerprint density at radius 3 is 2.69 bits per heavy atom. The number of aryl methyl sites for hydroxylation is 1. The first-order valence-corrected chi connectivity index (χ1v) is 5.86. The van der Waals surface area contributed by atoms with Crippen LogP contribution in [0.15, 0.2) is 16.5 Å². The van der Waals surface area contributed by atoms with Crippen LogP contribution in [0.3, 0.4) is 0 Å². The van der Waals surface area contributed by atoms with Gasteiger partial charge in [0, 0.05) is 26.1 Å². The van der Waals surface area contributed by atoms with Crippen LogP contribution in [-0.4, -0.2) is 36.5 Å². The number of amides is 1. The fraction of sp³-hybridized carbons (Fsp3) is 0.583. The highest BCUT2D eigenvalue weighted by atomic mass is 16.4. The molecule has 1 saturated heterocycles. The summed E-state index contributed by atoms with van der Waals surface area (Å²) in [5, 5.41) is 3.17. The SMILES string of the molecule is CCc1ccc(C(=O)N(CC)C2CNC2)o1. The molecule has 88 valence electrons. The van der Waals surface area contributed by atoms with Gasteiger partial charge in [-0.3, -0.25) is 4.79 Å². The Labute approximate surface area is 95.6 Å². The van der Waals surface area contributed by atoms with Crippen LogP contribution in [-0.2, 0) is 6.42 Å².